The molecule has 0 saturated carbocycles. The molecule has 0 aromatic heterocycles. The Balaban J connectivity index is 1.70. The highest BCUT2D eigenvalue weighted by molar-refractivity contribution is 6.34. The van der Waals surface area contributed by atoms with Crippen molar-refractivity contribution in [3.05, 3.63) is 33.8 Å². The van der Waals surface area contributed by atoms with Crippen LogP contribution in [0.3, 0.4) is 0 Å². The zero-order valence-corrected chi connectivity index (χ0v) is 19.1. The first-order valence-corrected chi connectivity index (χ1v) is 10.6. The first-order chi connectivity index (χ1) is 13.5. The van der Waals surface area contributed by atoms with Gasteiger partial charge in [-0.05, 0) is 69.7 Å². The molecule has 1 fully saturated rings. The van der Waals surface area contributed by atoms with Gasteiger partial charge in [0.15, 0.2) is 0 Å². The van der Waals surface area contributed by atoms with E-state index >= 15 is 0 Å². The topological polar surface area (TPSA) is 59.1 Å². The molecule has 2 rings (SSSR count). The van der Waals surface area contributed by atoms with Gasteiger partial charge in [0.1, 0.15) is 12.2 Å². The van der Waals surface area contributed by atoms with Crippen LogP contribution in [0.2, 0.25) is 10.0 Å². The summed E-state index contributed by atoms with van der Waals surface area (Å²) in [6, 6.07) is 5.10. The Labute approximate surface area is 183 Å². The summed E-state index contributed by atoms with van der Waals surface area (Å²) in [4.78, 5) is 27.7. The lowest BCUT2D eigenvalue weighted by atomic mass is 9.93. The van der Waals surface area contributed by atoms with Gasteiger partial charge in [0.2, 0.25) is 0 Å². The van der Waals surface area contributed by atoms with Crippen LogP contribution in [0.15, 0.2) is 18.2 Å². The quantitative estimate of drug-likeness (QED) is 0.592. The Bertz CT molecular complexity index is 693. The van der Waals surface area contributed by atoms with Gasteiger partial charge in [0.05, 0.1) is 0 Å². The molecule has 1 aromatic rings. The SMILES string of the molecule is CN(CCC1CCN(C(=O)OCc2cc(Cl)cc(Cl)c2)CC1)C(=O)OC(C)(C)C. The lowest BCUT2D eigenvalue weighted by molar-refractivity contribution is 0.0284. The van der Waals surface area contributed by atoms with Crippen LogP contribution in [0, 0.1) is 5.92 Å². The van der Waals surface area contributed by atoms with Crippen LogP contribution < -0.4 is 0 Å². The van der Waals surface area contributed by atoms with E-state index in [0.717, 1.165) is 24.8 Å². The highest BCUT2D eigenvalue weighted by atomic mass is 35.5. The summed E-state index contributed by atoms with van der Waals surface area (Å²) in [6.45, 7) is 7.64. The second kappa shape index (κ2) is 10.4. The van der Waals surface area contributed by atoms with E-state index in [-0.39, 0.29) is 18.8 Å². The minimum Gasteiger partial charge on any atom is -0.445 e. The van der Waals surface area contributed by atoms with Crippen LogP contribution >= 0.6 is 23.2 Å². The van der Waals surface area contributed by atoms with Gasteiger partial charge in [0.25, 0.3) is 0 Å². The minimum absolute atomic E-state index is 0.139. The third kappa shape index (κ3) is 8.31. The van der Waals surface area contributed by atoms with Crippen molar-refractivity contribution in [1.82, 2.24) is 9.80 Å². The molecule has 162 valence electrons. The van der Waals surface area contributed by atoms with Crippen molar-refractivity contribution in [1.29, 1.82) is 0 Å². The first-order valence-electron chi connectivity index (χ1n) is 9.84. The molecule has 0 bridgehead atoms. The van der Waals surface area contributed by atoms with Crippen LogP contribution in [-0.2, 0) is 16.1 Å². The summed E-state index contributed by atoms with van der Waals surface area (Å²) in [5, 5.41) is 1.03. The van der Waals surface area contributed by atoms with Crippen LogP contribution in [0.5, 0.6) is 0 Å². The van der Waals surface area contributed by atoms with Crippen molar-refractivity contribution in [3.8, 4) is 0 Å². The number of rotatable bonds is 5. The molecule has 0 atom stereocenters. The number of nitrogens with zero attached hydrogens (tertiary/aromatic N) is 2. The fraction of sp³-hybridized carbons (Fsp3) is 0.619. The van der Waals surface area contributed by atoms with E-state index in [4.69, 9.17) is 32.7 Å². The Morgan fingerprint density at radius 3 is 2.28 bits per heavy atom. The predicted molar refractivity (Wildman–Crippen MR) is 114 cm³/mol. The molecule has 6 nitrogen and oxygen atoms in total. The highest BCUT2D eigenvalue weighted by Gasteiger charge is 2.25. The second-order valence-electron chi connectivity index (χ2n) is 8.45. The molecule has 0 spiro atoms. The van der Waals surface area contributed by atoms with Crippen molar-refractivity contribution in [2.75, 3.05) is 26.7 Å². The van der Waals surface area contributed by atoms with Crippen LogP contribution in [0.1, 0.15) is 45.6 Å². The van der Waals surface area contributed by atoms with Crippen molar-refractivity contribution in [2.45, 2.75) is 52.2 Å². The number of hydrogen-bond acceptors (Lipinski definition) is 4. The third-order valence-electron chi connectivity index (χ3n) is 4.74. The number of amides is 2. The molecule has 1 aliphatic heterocycles. The molecule has 1 aromatic carbocycles. The molecule has 0 N–H and O–H groups in total. The second-order valence-corrected chi connectivity index (χ2v) is 9.33. The molecule has 0 unspecified atom stereocenters. The average Bonchev–Trinajstić information content (AvgIpc) is 2.62. The molecule has 29 heavy (non-hydrogen) atoms. The first kappa shape index (κ1) is 23.6. The van der Waals surface area contributed by atoms with Gasteiger partial charge in [-0.25, -0.2) is 9.59 Å². The number of ether oxygens (including phenoxy) is 2. The molecular weight excluding hydrogens is 415 g/mol. The van der Waals surface area contributed by atoms with Gasteiger partial charge in [-0.2, -0.15) is 0 Å². The Kier molecular flexibility index (Phi) is 8.46. The van der Waals surface area contributed by atoms with Crippen molar-refractivity contribution in [3.63, 3.8) is 0 Å². The van der Waals surface area contributed by atoms with Crippen LogP contribution in [-0.4, -0.2) is 54.3 Å². The summed E-state index contributed by atoms with van der Waals surface area (Å²) < 4.78 is 10.8. The minimum atomic E-state index is -0.493. The Hall–Kier alpha value is -1.66. The number of benzene rings is 1. The summed E-state index contributed by atoms with van der Waals surface area (Å²) in [6.07, 6.45) is 2.03. The smallest absolute Gasteiger partial charge is 0.410 e. The molecule has 1 heterocycles. The lowest BCUT2D eigenvalue weighted by Gasteiger charge is -2.32. The standard InChI is InChI=1S/C21H30Cl2N2O4/c1-21(2,3)29-19(26)24(4)8-5-15-6-9-25(10-7-15)20(27)28-14-16-11-17(22)13-18(23)12-16/h11-13,15H,5-10,14H2,1-4H3. The maximum Gasteiger partial charge on any atom is 0.410 e. The van der Waals surface area contributed by atoms with Crippen molar-refractivity contribution < 1.29 is 19.1 Å². The van der Waals surface area contributed by atoms with Gasteiger partial charge < -0.3 is 19.3 Å². The molecule has 2 amide bonds. The van der Waals surface area contributed by atoms with Gasteiger partial charge >= 0.3 is 12.2 Å². The van der Waals surface area contributed by atoms with E-state index in [2.05, 4.69) is 0 Å². The van der Waals surface area contributed by atoms with Gasteiger partial charge in [-0.15, -0.1) is 0 Å². The number of carbonyl (C=O) groups excluding carboxylic acids is 2. The fourth-order valence-corrected chi connectivity index (χ4v) is 3.71. The molecule has 1 saturated heterocycles. The van der Waals surface area contributed by atoms with E-state index in [0.29, 0.717) is 35.6 Å². The summed E-state index contributed by atoms with van der Waals surface area (Å²) >= 11 is 11.9. The number of hydrogen-bond donors (Lipinski definition) is 0. The van der Waals surface area contributed by atoms with E-state index in [1.54, 1.807) is 35.0 Å². The Morgan fingerprint density at radius 2 is 1.72 bits per heavy atom. The van der Waals surface area contributed by atoms with Gasteiger partial charge in [-0.1, -0.05) is 23.2 Å². The van der Waals surface area contributed by atoms with E-state index < -0.39 is 5.60 Å². The molecule has 0 radical (unpaired) electrons. The monoisotopic (exact) mass is 444 g/mol. The molecule has 1 aliphatic rings. The van der Waals surface area contributed by atoms with Crippen LogP contribution in [0.25, 0.3) is 0 Å². The van der Waals surface area contributed by atoms with Gasteiger partial charge in [-0.3, -0.25) is 0 Å². The number of likely N-dealkylation sites (tertiary alicyclic amines) is 1. The third-order valence-corrected chi connectivity index (χ3v) is 5.17. The van der Waals surface area contributed by atoms with Crippen molar-refractivity contribution in [2.24, 2.45) is 5.92 Å². The normalized spacial score (nSPS) is 15.2. The molecule has 0 aliphatic carbocycles. The largest absolute Gasteiger partial charge is 0.445 e. The van der Waals surface area contributed by atoms with Crippen molar-refractivity contribution >= 4 is 35.4 Å². The average molecular weight is 445 g/mol. The maximum absolute atomic E-state index is 12.3. The van der Waals surface area contributed by atoms with E-state index in [9.17, 15) is 9.59 Å². The molecule has 8 heteroatoms. The molecular formula is C21H30Cl2N2O4. The predicted octanol–water partition coefficient (Wildman–Crippen LogP) is 5.60. The van der Waals surface area contributed by atoms with Crippen LogP contribution in [0.4, 0.5) is 9.59 Å². The zero-order chi connectivity index (χ0) is 21.6. The maximum atomic E-state index is 12.3. The zero-order valence-electron chi connectivity index (χ0n) is 17.5. The fourth-order valence-electron chi connectivity index (χ4n) is 3.14. The number of halogens is 2. The highest BCUT2D eigenvalue weighted by Crippen LogP contribution is 2.23. The van der Waals surface area contributed by atoms with E-state index in [1.165, 1.54) is 0 Å². The summed E-state index contributed by atoms with van der Waals surface area (Å²) in [5.41, 5.74) is 0.268. The Morgan fingerprint density at radius 1 is 1.14 bits per heavy atom. The lowest BCUT2D eigenvalue weighted by Crippen LogP contribution is -2.40. The van der Waals surface area contributed by atoms with Gasteiger partial charge in [0, 0.05) is 36.7 Å². The van der Waals surface area contributed by atoms with E-state index in [1.807, 2.05) is 20.8 Å². The summed E-state index contributed by atoms with van der Waals surface area (Å²) in [5.74, 6) is 0.468. The number of carbonyl (C=O) groups is 2. The number of piperidine rings is 1. The summed E-state index contributed by atoms with van der Waals surface area (Å²) in [7, 11) is 1.75.